The van der Waals surface area contributed by atoms with Crippen molar-refractivity contribution in [2.45, 2.75) is 243 Å². The molecule has 1 saturated heterocycles. The molecule has 7 unspecified atom stereocenters. The van der Waals surface area contributed by atoms with Gasteiger partial charge < -0.3 is 40.3 Å². The maximum absolute atomic E-state index is 13.0. The minimum atomic E-state index is -1.58. The van der Waals surface area contributed by atoms with Crippen LogP contribution in [0.1, 0.15) is 200 Å². The predicted octanol–water partition coefficient (Wildman–Crippen LogP) is 12.5. The second-order valence-electron chi connectivity index (χ2n) is 17.9. The van der Waals surface area contributed by atoms with E-state index in [2.05, 4.69) is 104 Å². The lowest BCUT2D eigenvalue weighted by atomic mass is 9.99. The molecule has 0 radical (unpaired) electrons. The van der Waals surface area contributed by atoms with E-state index >= 15 is 0 Å². The minimum absolute atomic E-state index is 0.208. The molecule has 9 heteroatoms. The van der Waals surface area contributed by atoms with Gasteiger partial charge in [-0.05, 0) is 77.0 Å². The Morgan fingerprint density at radius 3 is 1.39 bits per heavy atom. The minimum Gasteiger partial charge on any atom is -0.394 e. The van der Waals surface area contributed by atoms with E-state index in [1.54, 1.807) is 6.08 Å². The summed E-state index contributed by atoms with van der Waals surface area (Å²) in [4.78, 5) is 13.0. The maximum atomic E-state index is 13.0. The number of ether oxygens (including phenoxy) is 2. The van der Waals surface area contributed by atoms with Gasteiger partial charge in [-0.3, -0.25) is 4.79 Å². The van der Waals surface area contributed by atoms with Crippen LogP contribution in [0.2, 0.25) is 0 Å². The zero-order valence-electron chi connectivity index (χ0n) is 41.7. The Kier molecular flexibility index (Phi) is 42.5. The monoisotopic (exact) mass is 924 g/mol. The smallest absolute Gasteiger partial charge is 0.220 e. The highest BCUT2D eigenvalue weighted by atomic mass is 16.7. The molecule has 0 aromatic rings. The summed E-state index contributed by atoms with van der Waals surface area (Å²) in [5.41, 5.74) is 0. The number of rotatable bonds is 43. The fourth-order valence-corrected chi connectivity index (χ4v) is 7.72. The van der Waals surface area contributed by atoms with Gasteiger partial charge >= 0.3 is 0 Å². The van der Waals surface area contributed by atoms with Gasteiger partial charge in [-0.1, -0.05) is 214 Å². The summed E-state index contributed by atoms with van der Waals surface area (Å²) >= 11 is 0. The molecule has 7 atom stereocenters. The molecule has 66 heavy (non-hydrogen) atoms. The number of hydrogen-bond donors (Lipinski definition) is 6. The summed E-state index contributed by atoms with van der Waals surface area (Å²) in [6, 6.07) is -0.830. The molecule has 0 saturated carbocycles. The van der Waals surface area contributed by atoms with Crippen LogP contribution in [0.5, 0.6) is 0 Å². The lowest BCUT2D eigenvalue weighted by Crippen LogP contribution is -2.60. The standard InChI is InChI=1S/C57H97NO8/c1-3-5-7-9-11-13-15-17-19-21-23-24-25-26-27-28-29-31-33-35-37-39-41-43-45-47-53(61)58-50(49-65-57-56(64)55(63)54(62)52(48-59)66-57)51(60)46-44-42-40-38-36-34-32-30-22-20-18-16-14-12-10-8-6-4-2/h5,7,11,13,17,19,23-24,26-27,29,31,35,37,44,46,50-52,54-57,59-60,62-64H,3-4,6,8-10,12,14-16,18,20-22,25,28,30,32-34,36,38-43,45,47-49H2,1-2H3,(H,58,61)/b7-5-,13-11-,19-17-,24-23-,27-26-,31-29-,37-35-,46-44+. The first-order valence-corrected chi connectivity index (χ1v) is 26.5. The number of amides is 1. The average Bonchev–Trinajstić information content (AvgIpc) is 3.32. The highest BCUT2D eigenvalue weighted by Crippen LogP contribution is 2.23. The molecular weight excluding hydrogens is 827 g/mol. The maximum Gasteiger partial charge on any atom is 0.220 e. The van der Waals surface area contributed by atoms with Gasteiger partial charge in [0.05, 0.1) is 25.4 Å². The summed E-state index contributed by atoms with van der Waals surface area (Å²) in [7, 11) is 0. The van der Waals surface area contributed by atoms with Gasteiger partial charge in [0.2, 0.25) is 5.91 Å². The third-order valence-electron chi connectivity index (χ3n) is 11.9. The summed E-state index contributed by atoms with van der Waals surface area (Å²) < 4.78 is 11.2. The fraction of sp³-hybridized carbons (Fsp3) is 0.702. The van der Waals surface area contributed by atoms with Crippen molar-refractivity contribution in [3.05, 3.63) is 97.2 Å². The molecular formula is C57H97NO8. The van der Waals surface area contributed by atoms with Crippen molar-refractivity contribution in [3.63, 3.8) is 0 Å². The van der Waals surface area contributed by atoms with Crippen LogP contribution in [0, 0.1) is 0 Å². The van der Waals surface area contributed by atoms with Crippen LogP contribution in [0.4, 0.5) is 0 Å². The molecule has 0 aliphatic carbocycles. The number of aliphatic hydroxyl groups excluding tert-OH is 5. The van der Waals surface area contributed by atoms with Crippen molar-refractivity contribution >= 4 is 5.91 Å². The van der Waals surface area contributed by atoms with Gasteiger partial charge in [-0.15, -0.1) is 0 Å². The molecule has 1 rings (SSSR count). The fourth-order valence-electron chi connectivity index (χ4n) is 7.72. The topological polar surface area (TPSA) is 149 Å². The number of allylic oxidation sites excluding steroid dienone is 15. The number of aliphatic hydroxyl groups is 5. The molecule has 0 bridgehead atoms. The van der Waals surface area contributed by atoms with Gasteiger partial charge in [0.25, 0.3) is 0 Å². The normalized spacial score (nSPS) is 20.6. The van der Waals surface area contributed by atoms with E-state index in [0.29, 0.717) is 12.8 Å². The van der Waals surface area contributed by atoms with Crippen LogP contribution in [0.15, 0.2) is 97.2 Å². The molecule has 6 N–H and O–H groups in total. The van der Waals surface area contributed by atoms with Gasteiger partial charge in [0.1, 0.15) is 24.4 Å². The second kappa shape index (κ2) is 45.9. The predicted molar refractivity (Wildman–Crippen MR) is 276 cm³/mol. The molecule has 0 aromatic carbocycles. The highest BCUT2D eigenvalue weighted by molar-refractivity contribution is 5.76. The van der Waals surface area contributed by atoms with E-state index in [0.717, 1.165) is 83.5 Å². The van der Waals surface area contributed by atoms with Crippen LogP contribution >= 0.6 is 0 Å². The Labute approximate surface area is 403 Å². The Morgan fingerprint density at radius 1 is 0.530 bits per heavy atom. The molecule has 1 heterocycles. The van der Waals surface area contributed by atoms with E-state index < -0.39 is 49.5 Å². The highest BCUT2D eigenvalue weighted by Gasteiger charge is 2.44. The molecule has 1 aliphatic rings. The number of carbonyl (C=O) groups is 1. The zero-order chi connectivity index (χ0) is 48.0. The van der Waals surface area contributed by atoms with Crippen molar-refractivity contribution in [2.24, 2.45) is 0 Å². The number of unbranched alkanes of at least 4 members (excludes halogenated alkanes) is 19. The van der Waals surface area contributed by atoms with Crippen LogP contribution < -0.4 is 5.32 Å². The van der Waals surface area contributed by atoms with Gasteiger partial charge in [-0.25, -0.2) is 0 Å². The summed E-state index contributed by atoms with van der Waals surface area (Å²) in [6.45, 7) is 3.64. The van der Waals surface area contributed by atoms with E-state index in [9.17, 15) is 30.3 Å². The Hall–Kier alpha value is -2.89. The molecule has 0 spiro atoms. The Morgan fingerprint density at radius 2 is 0.939 bits per heavy atom. The van der Waals surface area contributed by atoms with Crippen LogP contribution in [0.3, 0.4) is 0 Å². The molecule has 9 nitrogen and oxygen atoms in total. The zero-order valence-corrected chi connectivity index (χ0v) is 41.7. The number of carbonyl (C=O) groups excluding carboxylic acids is 1. The van der Waals surface area contributed by atoms with E-state index in [1.807, 2.05) is 6.08 Å². The third-order valence-corrected chi connectivity index (χ3v) is 11.9. The number of nitrogens with one attached hydrogen (secondary N) is 1. The lowest BCUT2D eigenvalue weighted by Gasteiger charge is -2.40. The summed E-state index contributed by atoms with van der Waals surface area (Å²) in [5, 5.41) is 54.4. The first-order chi connectivity index (χ1) is 32.3. The van der Waals surface area contributed by atoms with Gasteiger partial charge in [0.15, 0.2) is 6.29 Å². The van der Waals surface area contributed by atoms with Gasteiger partial charge in [0, 0.05) is 6.42 Å². The first kappa shape index (κ1) is 61.1. The average molecular weight is 924 g/mol. The first-order valence-electron chi connectivity index (χ1n) is 26.5. The molecule has 0 aromatic heterocycles. The Bertz CT molecular complexity index is 1350. The van der Waals surface area contributed by atoms with Crippen molar-refractivity contribution < 1.29 is 39.8 Å². The van der Waals surface area contributed by atoms with Crippen molar-refractivity contribution in [1.82, 2.24) is 5.32 Å². The summed E-state index contributed by atoms with van der Waals surface area (Å²) in [6.07, 6.45) is 58.8. The largest absolute Gasteiger partial charge is 0.394 e. The molecule has 378 valence electrons. The Balaban J connectivity index is 2.33. The quantitative estimate of drug-likeness (QED) is 0.0262. The van der Waals surface area contributed by atoms with Crippen molar-refractivity contribution in [3.8, 4) is 0 Å². The lowest BCUT2D eigenvalue weighted by molar-refractivity contribution is -0.302. The molecule has 1 fully saturated rings. The second-order valence-corrected chi connectivity index (χ2v) is 17.9. The van der Waals surface area contributed by atoms with E-state index in [-0.39, 0.29) is 12.5 Å². The van der Waals surface area contributed by atoms with E-state index in [1.165, 1.54) is 89.9 Å². The molecule has 1 aliphatic heterocycles. The third kappa shape index (κ3) is 35.3. The van der Waals surface area contributed by atoms with Gasteiger partial charge in [-0.2, -0.15) is 0 Å². The SMILES string of the molecule is CC/C=C\C/C=C\C/C=C\C/C=C\C/C=C\C/C=C\C/C=C\CCCCCC(=O)NC(COC1OC(CO)C(O)C(O)C1O)C(O)/C=C/CCCCCCCCCCCCCCCCCC. The van der Waals surface area contributed by atoms with Crippen molar-refractivity contribution in [1.29, 1.82) is 0 Å². The summed E-state index contributed by atoms with van der Waals surface area (Å²) in [5.74, 6) is -0.212. The van der Waals surface area contributed by atoms with Crippen molar-refractivity contribution in [2.75, 3.05) is 13.2 Å². The van der Waals surface area contributed by atoms with Crippen LogP contribution in [-0.2, 0) is 14.3 Å². The molecule has 1 amide bonds. The van der Waals surface area contributed by atoms with E-state index in [4.69, 9.17) is 9.47 Å². The number of hydrogen-bond acceptors (Lipinski definition) is 8. The van der Waals surface area contributed by atoms with Crippen LogP contribution in [-0.4, -0.2) is 87.5 Å². The van der Waals surface area contributed by atoms with Crippen LogP contribution in [0.25, 0.3) is 0 Å².